The highest BCUT2D eigenvalue weighted by Crippen LogP contribution is 2.38. The zero-order valence-electron chi connectivity index (χ0n) is 21.2. The van der Waals surface area contributed by atoms with Crippen LogP contribution in [-0.4, -0.2) is 22.5 Å². The Morgan fingerprint density at radius 1 is 1.08 bits per heavy atom. The second-order valence-electron chi connectivity index (χ2n) is 9.32. The van der Waals surface area contributed by atoms with Crippen molar-refractivity contribution in [2.45, 2.75) is 45.1 Å². The molecule has 0 bridgehead atoms. The summed E-state index contributed by atoms with van der Waals surface area (Å²) in [6.07, 6.45) is 2.94. The number of nitrogens with one attached hydrogen (secondary N) is 1. The Morgan fingerprint density at radius 2 is 1.76 bits per heavy atom. The Morgan fingerprint density at radius 3 is 2.47 bits per heavy atom. The Kier molecular flexibility index (Phi) is 7.12. The number of hydrogen-bond acceptors (Lipinski definition) is 6. The fourth-order valence-corrected chi connectivity index (χ4v) is 6.32. The number of carbonyl (C=O) groups is 2. The van der Waals surface area contributed by atoms with Gasteiger partial charge in [-0.15, -0.1) is 11.3 Å². The van der Waals surface area contributed by atoms with Gasteiger partial charge in [-0.3, -0.25) is 9.59 Å². The first-order valence-electron chi connectivity index (χ1n) is 12.7. The normalized spacial score (nSPS) is 13.4. The minimum atomic E-state index is -1.10. The zero-order valence-corrected chi connectivity index (χ0v) is 22.1. The van der Waals surface area contributed by atoms with Crippen molar-refractivity contribution in [1.82, 2.24) is 4.57 Å². The molecule has 0 fully saturated rings. The SMILES string of the molecule is CCC(OC(=O)c1c(-c2ccccc2)c2ccccc2c(=O)n1C)C(=O)Nc1sc2c(c1C#N)CCCC2. The number of anilines is 1. The van der Waals surface area contributed by atoms with Crippen LogP contribution in [0.1, 0.15) is 52.7 Å². The van der Waals surface area contributed by atoms with Gasteiger partial charge in [0.2, 0.25) is 0 Å². The molecule has 0 spiro atoms. The maximum absolute atomic E-state index is 13.7. The highest BCUT2D eigenvalue weighted by atomic mass is 32.1. The van der Waals surface area contributed by atoms with E-state index >= 15 is 0 Å². The molecular weight excluding hydrogens is 498 g/mol. The summed E-state index contributed by atoms with van der Waals surface area (Å²) in [5.41, 5.74) is 2.60. The van der Waals surface area contributed by atoms with Crippen LogP contribution in [-0.2, 0) is 29.4 Å². The van der Waals surface area contributed by atoms with Crippen molar-refractivity contribution in [2.24, 2.45) is 7.05 Å². The van der Waals surface area contributed by atoms with E-state index in [1.54, 1.807) is 19.1 Å². The molecule has 38 heavy (non-hydrogen) atoms. The van der Waals surface area contributed by atoms with Crippen LogP contribution in [0.4, 0.5) is 5.00 Å². The molecule has 8 heteroatoms. The molecule has 1 aliphatic carbocycles. The topological polar surface area (TPSA) is 101 Å². The second-order valence-corrected chi connectivity index (χ2v) is 10.4. The molecule has 4 aromatic rings. The van der Waals surface area contributed by atoms with Crippen molar-refractivity contribution < 1.29 is 14.3 Å². The molecular formula is C30H27N3O4S. The van der Waals surface area contributed by atoms with E-state index in [-0.39, 0.29) is 17.7 Å². The van der Waals surface area contributed by atoms with Gasteiger partial charge in [-0.2, -0.15) is 5.26 Å². The summed E-state index contributed by atoms with van der Waals surface area (Å²) in [5, 5.41) is 14.2. The number of pyridine rings is 1. The van der Waals surface area contributed by atoms with Crippen molar-refractivity contribution in [2.75, 3.05) is 5.32 Å². The van der Waals surface area contributed by atoms with Crippen molar-refractivity contribution in [3.63, 3.8) is 0 Å². The first-order valence-corrected chi connectivity index (χ1v) is 13.5. The van der Waals surface area contributed by atoms with Crippen LogP contribution in [0, 0.1) is 11.3 Å². The van der Waals surface area contributed by atoms with E-state index in [4.69, 9.17) is 4.74 Å². The van der Waals surface area contributed by atoms with Gasteiger partial charge in [0.05, 0.1) is 5.56 Å². The van der Waals surface area contributed by atoms with Gasteiger partial charge in [-0.05, 0) is 54.7 Å². The van der Waals surface area contributed by atoms with Crippen LogP contribution < -0.4 is 10.9 Å². The number of nitriles is 1. The zero-order chi connectivity index (χ0) is 26.8. The summed E-state index contributed by atoms with van der Waals surface area (Å²) < 4.78 is 7.04. The van der Waals surface area contributed by atoms with E-state index in [1.165, 1.54) is 23.0 Å². The summed E-state index contributed by atoms with van der Waals surface area (Å²) in [4.78, 5) is 41.2. The number of aromatic nitrogens is 1. The number of aryl methyl sites for hydroxylation is 1. The van der Waals surface area contributed by atoms with Crippen LogP contribution in [0.25, 0.3) is 21.9 Å². The van der Waals surface area contributed by atoms with E-state index in [2.05, 4.69) is 11.4 Å². The molecule has 1 aliphatic rings. The molecule has 2 aromatic carbocycles. The number of benzene rings is 2. The van der Waals surface area contributed by atoms with Crippen LogP contribution in [0.5, 0.6) is 0 Å². The third-order valence-electron chi connectivity index (χ3n) is 6.99. The van der Waals surface area contributed by atoms with Crippen LogP contribution in [0.3, 0.4) is 0 Å². The molecule has 1 amide bonds. The highest BCUT2D eigenvalue weighted by Gasteiger charge is 2.29. The van der Waals surface area contributed by atoms with E-state index in [0.717, 1.165) is 41.7 Å². The lowest BCUT2D eigenvalue weighted by molar-refractivity contribution is -0.124. The minimum absolute atomic E-state index is 0.0791. The predicted molar refractivity (Wildman–Crippen MR) is 148 cm³/mol. The molecule has 0 saturated carbocycles. The van der Waals surface area contributed by atoms with Crippen LogP contribution >= 0.6 is 11.3 Å². The number of thiophene rings is 1. The predicted octanol–water partition coefficient (Wildman–Crippen LogP) is 5.59. The van der Waals surface area contributed by atoms with E-state index in [0.29, 0.717) is 26.9 Å². The van der Waals surface area contributed by atoms with E-state index in [9.17, 15) is 19.6 Å². The number of esters is 1. The minimum Gasteiger partial charge on any atom is -0.448 e. The summed E-state index contributed by atoms with van der Waals surface area (Å²) in [6.45, 7) is 1.75. The third-order valence-corrected chi connectivity index (χ3v) is 8.20. The maximum atomic E-state index is 13.7. The van der Waals surface area contributed by atoms with Gasteiger partial charge in [0.15, 0.2) is 6.10 Å². The largest absolute Gasteiger partial charge is 0.448 e. The van der Waals surface area contributed by atoms with Gasteiger partial charge in [0, 0.05) is 22.9 Å². The quantitative estimate of drug-likeness (QED) is 0.331. The number of amides is 1. The fourth-order valence-electron chi connectivity index (χ4n) is 5.07. The third kappa shape index (κ3) is 4.50. The lowest BCUT2D eigenvalue weighted by Gasteiger charge is -2.20. The molecule has 0 aliphatic heterocycles. The maximum Gasteiger partial charge on any atom is 0.356 e. The molecule has 2 heterocycles. The van der Waals surface area contributed by atoms with Gasteiger partial charge < -0.3 is 14.6 Å². The van der Waals surface area contributed by atoms with Gasteiger partial charge in [-0.1, -0.05) is 55.5 Å². The lowest BCUT2D eigenvalue weighted by atomic mass is 9.96. The van der Waals surface area contributed by atoms with Crippen molar-refractivity contribution in [1.29, 1.82) is 5.26 Å². The number of carbonyl (C=O) groups excluding carboxylic acids is 2. The van der Waals surface area contributed by atoms with Gasteiger partial charge in [0.25, 0.3) is 11.5 Å². The Bertz CT molecular complexity index is 1650. The summed E-state index contributed by atoms with van der Waals surface area (Å²) >= 11 is 1.42. The number of fused-ring (bicyclic) bond motifs is 2. The van der Waals surface area contributed by atoms with E-state index < -0.39 is 18.0 Å². The molecule has 1 unspecified atom stereocenters. The standard InChI is InChI=1S/C30H27N3O4S/c1-3-23(27(34)32-28-22(17-31)19-13-9-10-16-24(19)38-28)37-30(36)26-25(18-11-5-4-6-12-18)20-14-7-8-15-21(20)29(35)33(26)2/h4-8,11-12,14-15,23H,3,9-10,13,16H2,1-2H3,(H,32,34). The van der Waals surface area contributed by atoms with Gasteiger partial charge >= 0.3 is 5.97 Å². The number of ether oxygens (including phenoxy) is 1. The van der Waals surface area contributed by atoms with Crippen molar-refractivity contribution >= 4 is 39.0 Å². The van der Waals surface area contributed by atoms with Crippen molar-refractivity contribution in [3.05, 3.63) is 86.6 Å². The Hall–Kier alpha value is -4.22. The fraction of sp³-hybridized carbons (Fsp3) is 0.267. The second kappa shape index (κ2) is 10.6. The number of hydrogen-bond donors (Lipinski definition) is 1. The molecule has 1 atom stereocenters. The molecule has 2 aromatic heterocycles. The van der Waals surface area contributed by atoms with Crippen LogP contribution in [0.15, 0.2) is 59.4 Å². The van der Waals surface area contributed by atoms with Gasteiger partial charge in [0.1, 0.15) is 16.8 Å². The summed E-state index contributed by atoms with van der Waals surface area (Å²) in [7, 11) is 1.54. The van der Waals surface area contributed by atoms with E-state index in [1.807, 2.05) is 42.5 Å². The summed E-state index contributed by atoms with van der Waals surface area (Å²) in [5.74, 6) is -1.26. The average Bonchev–Trinajstić information content (AvgIpc) is 3.30. The molecule has 5 rings (SSSR count). The first kappa shape index (κ1) is 25.4. The van der Waals surface area contributed by atoms with Gasteiger partial charge in [-0.25, -0.2) is 4.79 Å². The van der Waals surface area contributed by atoms with Crippen molar-refractivity contribution in [3.8, 4) is 17.2 Å². The average molecular weight is 526 g/mol. The summed E-state index contributed by atoms with van der Waals surface area (Å²) in [6, 6.07) is 18.7. The van der Waals surface area contributed by atoms with Crippen LogP contribution in [0.2, 0.25) is 0 Å². The molecule has 7 nitrogen and oxygen atoms in total. The number of nitrogens with zero attached hydrogens (tertiary/aromatic N) is 2. The molecule has 1 N–H and O–H groups in total. The Labute approximate surface area is 224 Å². The molecule has 0 saturated heterocycles. The smallest absolute Gasteiger partial charge is 0.356 e. The Balaban J connectivity index is 1.50. The first-order chi connectivity index (χ1) is 18.4. The molecule has 0 radical (unpaired) electrons. The lowest BCUT2D eigenvalue weighted by Crippen LogP contribution is -2.34. The molecule has 192 valence electrons. The monoisotopic (exact) mass is 525 g/mol. The highest BCUT2D eigenvalue weighted by molar-refractivity contribution is 7.16. The number of rotatable bonds is 6.